The highest BCUT2D eigenvalue weighted by molar-refractivity contribution is 7.90. The number of carbonyl (C=O) groups is 2. The predicted molar refractivity (Wildman–Crippen MR) is 63.1 cm³/mol. The maximum absolute atomic E-state index is 12.0. The van der Waals surface area contributed by atoms with Crippen molar-refractivity contribution in [1.29, 1.82) is 0 Å². The van der Waals surface area contributed by atoms with Crippen molar-refractivity contribution in [2.45, 2.75) is 4.90 Å². The van der Waals surface area contributed by atoms with E-state index in [0.29, 0.717) is 9.99 Å². The van der Waals surface area contributed by atoms with Crippen LogP contribution in [0.2, 0.25) is 0 Å². The molecule has 0 radical (unpaired) electrons. The molecule has 7 nitrogen and oxygen atoms in total. The molecule has 0 saturated carbocycles. The molecule has 0 atom stereocenters. The molecule has 1 aromatic carbocycles. The van der Waals surface area contributed by atoms with E-state index in [2.05, 4.69) is 5.32 Å². The van der Waals surface area contributed by atoms with Crippen LogP contribution in [0.3, 0.4) is 0 Å². The van der Waals surface area contributed by atoms with Gasteiger partial charge in [-0.15, -0.1) is 0 Å². The lowest BCUT2D eigenvalue weighted by Gasteiger charge is -2.13. The second-order valence-corrected chi connectivity index (χ2v) is 5.58. The van der Waals surface area contributed by atoms with Gasteiger partial charge in [-0.1, -0.05) is 0 Å². The minimum atomic E-state index is -3.95. The van der Waals surface area contributed by atoms with Gasteiger partial charge in [0.05, 0.1) is 5.56 Å². The number of hydrogen-bond donors (Lipinski definition) is 2. The van der Waals surface area contributed by atoms with Crippen molar-refractivity contribution in [2.24, 2.45) is 0 Å². The van der Waals surface area contributed by atoms with Crippen molar-refractivity contribution < 1.29 is 18.0 Å². The normalized spacial score (nSPS) is 16.5. The van der Waals surface area contributed by atoms with Crippen LogP contribution >= 0.6 is 0 Å². The SMILES string of the molecule is CNC(=O)CN1C(=O)c2cc(N)ccc2S1(=O)=O. The lowest BCUT2D eigenvalue weighted by Crippen LogP contribution is -2.39. The highest BCUT2D eigenvalue weighted by Gasteiger charge is 2.41. The summed E-state index contributed by atoms with van der Waals surface area (Å²) in [6.07, 6.45) is 0. The maximum atomic E-state index is 12.0. The third-order valence-electron chi connectivity index (χ3n) is 2.59. The lowest BCUT2D eigenvalue weighted by atomic mass is 10.2. The molecule has 0 spiro atoms. The van der Waals surface area contributed by atoms with E-state index in [1.807, 2.05) is 0 Å². The summed E-state index contributed by atoms with van der Waals surface area (Å²) in [5, 5.41) is 2.27. The number of sulfonamides is 1. The smallest absolute Gasteiger partial charge is 0.269 e. The molecule has 0 aromatic heterocycles. The largest absolute Gasteiger partial charge is 0.399 e. The molecule has 0 saturated heterocycles. The average Bonchev–Trinajstić information content (AvgIpc) is 2.50. The number of amides is 2. The maximum Gasteiger partial charge on any atom is 0.269 e. The summed E-state index contributed by atoms with van der Waals surface area (Å²) in [6.45, 7) is -0.535. The quantitative estimate of drug-likeness (QED) is 0.680. The van der Waals surface area contributed by atoms with Crippen LogP contribution in [0.4, 0.5) is 5.69 Å². The fraction of sp³-hybridized carbons (Fsp3) is 0.200. The van der Waals surface area contributed by atoms with Crippen LogP contribution in [0.25, 0.3) is 0 Å². The number of rotatable bonds is 2. The van der Waals surface area contributed by atoms with Gasteiger partial charge in [0.15, 0.2) is 0 Å². The molecular formula is C10H11N3O4S. The third kappa shape index (κ3) is 1.70. The number of nitrogens with one attached hydrogen (secondary N) is 1. The Balaban J connectivity index is 2.51. The van der Waals surface area contributed by atoms with Crippen molar-refractivity contribution in [3.63, 3.8) is 0 Å². The van der Waals surface area contributed by atoms with Gasteiger partial charge in [-0.3, -0.25) is 9.59 Å². The van der Waals surface area contributed by atoms with Gasteiger partial charge in [-0.05, 0) is 18.2 Å². The highest BCUT2D eigenvalue weighted by Crippen LogP contribution is 2.31. The Labute approximate surface area is 104 Å². The van der Waals surface area contributed by atoms with E-state index in [4.69, 9.17) is 5.73 Å². The number of fused-ring (bicyclic) bond motifs is 1. The first kappa shape index (κ1) is 12.4. The molecule has 18 heavy (non-hydrogen) atoms. The minimum absolute atomic E-state index is 0.00102. The van der Waals surface area contributed by atoms with Gasteiger partial charge < -0.3 is 11.1 Å². The zero-order valence-corrected chi connectivity index (χ0v) is 10.3. The summed E-state index contributed by atoms with van der Waals surface area (Å²) < 4.78 is 24.6. The Bertz CT molecular complexity index is 639. The topological polar surface area (TPSA) is 110 Å². The van der Waals surface area contributed by atoms with Crippen LogP contribution in [-0.2, 0) is 14.8 Å². The number of hydrogen-bond acceptors (Lipinski definition) is 5. The lowest BCUT2D eigenvalue weighted by molar-refractivity contribution is -0.120. The highest BCUT2D eigenvalue weighted by atomic mass is 32.2. The first-order valence-corrected chi connectivity index (χ1v) is 6.49. The van der Waals surface area contributed by atoms with Crippen LogP contribution in [0.1, 0.15) is 10.4 Å². The molecule has 3 N–H and O–H groups in total. The average molecular weight is 269 g/mol. The molecular weight excluding hydrogens is 258 g/mol. The van der Waals surface area contributed by atoms with Crippen molar-refractivity contribution in [3.8, 4) is 0 Å². The molecule has 2 amide bonds. The van der Waals surface area contributed by atoms with E-state index in [1.54, 1.807) is 0 Å². The number of nitrogens with zero attached hydrogens (tertiary/aromatic N) is 1. The summed E-state index contributed by atoms with van der Waals surface area (Å²) in [5.74, 6) is -1.30. The molecule has 1 aliphatic heterocycles. The molecule has 0 bridgehead atoms. The summed E-state index contributed by atoms with van der Waals surface area (Å²) in [7, 11) is -2.59. The molecule has 0 unspecified atom stereocenters. The predicted octanol–water partition coefficient (Wildman–Crippen LogP) is -0.841. The van der Waals surface area contributed by atoms with Crippen molar-refractivity contribution >= 4 is 27.5 Å². The van der Waals surface area contributed by atoms with E-state index in [1.165, 1.54) is 25.2 Å². The number of benzene rings is 1. The second-order valence-electron chi connectivity index (χ2n) is 3.75. The van der Waals surface area contributed by atoms with E-state index >= 15 is 0 Å². The van der Waals surface area contributed by atoms with Crippen LogP contribution in [0.15, 0.2) is 23.1 Å². The monoisotopic (exact) mass is 269 g/mol. The standard InChI is InChI=1S/C10H11N3O4S/c1-12-9(14)5-13-10(15)7-4-6(11)2-3-8(7)18(13,16)17/h2-4H,5,11H2,1H3,(H,12,14). The molecule has 1 heterocycles. The fourth-order valence-corrected chi connectivity index (χ4v) is 3.17. The number of nitrogens with two attached hydrogens (primary N) is 1. The van der Waals surface area contributed by atoms with Crippen LogP contribution in [0, 0.1) is 0 Å². The van der Waals surface area contributed by atoms with Crippen LogP contribution in [-0.4, -0.2) is 38.1 Å². The summed E-state index contributed by atoms with van der Waals surface area (Å²) in [4.78, 5) is 23.0. The Morgan fingerprint density at radius 3 is 2.72 bits per heavy atom. The first-order chi connectivity index (χ1) is 8.37. The third-order valence-corrected chi connectivity index (χ3v) is 4.38. The van der Waals surface area contributed by atoms with E-state index in [9.17, 15) is 18.0 Å². The van der Waals surface area contributed by atoms with Gasteiger partial charge >= 0.3 is 0 Å². The van der Waals surface area contributed by atoms with Gasteiger partial charge in [-0.25, -0.2) is 12.7 Å². The van der Waals surface area contributed by atoms with Crippen molar-refractivity contribution in [2.75, 3.05) is 19.3 Å². The Morgan fingerprint density at radius 1 is 1.44 bits per heavy atom. The van der Waals surface area contributed by atoms with Crippen LogP contribution in [0.5, 0.6) is 0 Å². The molecule has 0 fully saturated rings. The van der Waals surface area contributed by atoms with Crippen molar-refractivity contribution in [3.05, 3.63) is 23.8 Å². The zero-order chi connectivity index (χ0) is 13.5. The second kappa shape index (κ2) is 3.98. The molecule has 0 aliphatic carbocycles. The molecule has 2 rings (SSSR count). The number of likely N-dealkylation sites (N-methyl/N-ethyl adjacent to an activating group) is 1. The summed E-state index contributed by atoms with van der Waals surface area (Å²) in [5.41, 5.74) is 5.80. The van der Waals surface area contributed by atoms with E-state index in [-0.39, 0.29) is 10.5 Å². The number of anilines is 1. The van der Waals surface area contributed by atoms with E-state index in [0.717, 1.165) is 0 Å². The first-order valence-electron chi connectivity index (χ1n) is 5.05. The Kier molecular flexibility index (Phi) is 2.74. The molecule has 1 aliphatic rings. The number of nitrogen functional groups attached to an aromatic ring is 1. The van der Waals surface area contributed by atoms with E-state index < -0.39 is 28.4 Å². The van der Waals surface area contributed by atoms with Crippen LogP contribution < -0.4 is 11.1 Å². The number of carbonyl (C=O) groups excluding carboxylic acids is 2. The fourth-order valence-electron chi connectivity index (χ4n) is 1.67. The summed E-state index contributed by atoms with van der Waals surface area (Å²) >= 11 is 0. The van der Waals surface area contributed by atoms with Gasteiger partial charge in [0.25, 0.3) is 15.9 Å². The van der Waals surface area contributed by atoms with Crippen molar-refractivity contribution in [1.82, 2.24) is 9.62 Å². The van der Waals surface area contributed by atoms with Gasteiger partial charge in [0.2, 0.25) is 5.91 Å². The van der Waals surface area contributed by atoms with Gasteiger partial charge in [0.1, 0.15) is 11.4 Å². The van der Waals surface area contributed by atoms with Gasteiger partial charge in [-0.2, -0.15) is 0 Å². The molecule has 96 valence electrons. The zero-order valence-electron chi connectivity index (χ0n) is 9.50. The Hall–Kier alpha value is -2.09. The molecule has 1 aromatic rings. The Morgan fingerprint density at radius 2 is 2.11 bits per heavy atom. The summed E-state index contributed by atoms with van der Waals surface area (Å²) in [6, 6.07) is 3.95. The molecule has 8 heteroatoms. The van der Waals surface area contributed by atoms with Gasteiger partial charge in [0, 0.05) is 12.7 Å². The minimum Gasteiger partial charge on any atom is -0.399 e.